The molecular formula is C17H25ClN2O. The Morgan fingerprint density at radius 1 is 1.24 bits per heavy atom. The number of benzene rings is 1. The van der Waals surface area contributed by atoms with Gasteiger partial charge in [-0.3, -0.25) is 4.90 Å². The zero-order valence-corrected chi connectivity index (χ0v) is 13.5. The van der Waals surface area contributed by atoms with Crippen molar-refractivity contribution in [3.8, 4) is 5.75 Å². The summed E-state index contributed by atoms with van der Waals surface area (Å²) in [6, 6.07) is 4.14. The molecule has 2 fully saturated rings. The molecule has 0 spiro atoms. The SMILES string of the molecule is Cc1cc(Cl)cc([C@@H](C2CCCC2)N2CCNCC2)c1O. The van der Waals surface area contributed by atoms with Crippen molar-refractivity contribution in [3.63, 3.8) is 0 Å². The predicted molar refractivity (Wildman–Crippen MR) is 87.0 cm³/mol. The quantitative estimate of drug-likeness (QED) is 0.897. The van der Waals surface area contributed by atoms with Crippen molar-refractivity contribution in [1.29, 1.82) is 0 Å². The molecule has 1 atom stereocenters. The highest BCUT2D eigenvalue weighted by Crippen LogP contribution is 2.44. The van der Waals surface area contributed by atoms with Gasteiger partial charge in [-0.05, 0) is 43.4 Å². The van der Waals surface area contributed by atoms with E-state index in [1.54, 1.807) is 0 Å². The Morgan fingerprint density at radius 2 is 1.90 bits per heavy atom. The molecule has 1 saturated heterocycles. The Morgan fingerprint density at radius 3 is 2.57 bits per heavy atom. The van der Waals surface area contributed by atoms with Gasteiger partial charge in [-0.2, -0.15) is 0 Å². The topological polar surface area (TPSA) is 35.5 Å². The van der Waals surface area contributed by atoms with Gasteiger partial charge in [0.25, 0.3) is 0 Å². The van der Waals surface area contributed by atoms with Crippen LogP contribution in [0.15, 0.2) is 12.1 Å². The molecule has 0 radical (unpaired) electrons. The van der Waals surface area contributed by atoms with Gasteiger partial charge >= 0.3 is 0 Å². The summed E-state index contributed by atoms with van der Waals surface area (Å²) in [5.74, 6) is 1.08. The number of nitrogens with zero attached hydrogens (tertiary/aromatic N) is 1. The maximum absolute atomic E-state index is 10.6. The van der Waals surface area contributed by atoms with Crippen molar-refractivity contribution in [2.75, 3.05) is 26.2 Å². The first-order valence-electron chi connectivity index (χ1n) is 8.10. The molecule has 0 amide bonds. The maximum atomic E-state index is 10.6. The third-order valence-electron chi connectivity index (χ3n) is 5.00. The third kappa shape index (κ3) is 3.20. The summed E-state index contributed by atoms with van der Waals surface area (Å²) in [5, 5.41) is 14.7. The van der Waals surface area contributed by atoms with Gasteiger partial charge in [-0.25, -0.2) is 0 Å². The van der Waals surface area contributed by atoms with E-state index >= 15 is 0 Å². The van der Waals surface area contributed by atoms with Gasteiger partial charge in [0, 0.05) is 42.8 Å². The monoisotopic (exact) mass is 308 g/mol. The summed E-state index contributed by atoms with van der Waals surface area (Å²) in [6.07, 6.45) is 5.15. The van der Waals surface area contributed by atoms with Crippen LogP contribution in [0.25, 0.3) is 0 Å². The van der Waals surface area contributed by atoms with Crippen LogP contribution in [0.5, 0.6) is 5.75 Å². The van der Waals surface area contributed by atoms with E-state index in [1.165, 1.54) is 25.7 Å². The summed E-state index contributed by atoms with van der Waals surface area (Å²) in [5.41, 5.74) is 1.92. The number of hydrogen-bond donors (Lipinski definition) is 2. The molecule has 1 aromatic rings. The van der Waals surface area contributed by atoms with Gasteiger partial charge < -0.3 is 10.4 Å². The van der Waals surface area contributed by atoms with E-state index in [0.29, 0.717) is 17.7 Å². The largest absolute Gasteiger partial charge is 0.507 e. The molecule has 1 saturated carbocycles. The standard InChI is InChI=1S/C17H25ClN2O/c1-12-10-14(18)11-15(17(12)21)16(13-4-2-3-5-13)20-8-6-19-7-9-20/h10-11,13,16,19,21H,2-9H2,1H3/t16-/m1/s1. The highest BCUT2D eigenvalue weighted by Gasteiger charge is 2.33. The molecule has 1 aromatic carbocycles. The molecule has 0 aromatic heterocycles. The molecule has 2 aliphatic rings. The molecule has 21 heavy (non-hydrogen) atoms. The Hall–Kier alpha value is -0.770. The van der Waals surface area contributed by atoms with Crippen LogP contribution in [0.3, 0.4) is 0 Å². The van der Waals surface area contributed by atoms with Crippen LogP contribution < -0.4 is 5.32 Å². The highest BCUT2D eigenvalue weighted by atomic mass is 35.5. The number of phenolic OH excluding ortho intramolecular Hbond substituents is 1. The average molecular weight is 309 g/mol. The lowest BCUT2D eigenvalue weighted by Crippen LogP contribution is -2.46. The van der Waals surface area contributed by atoms with E-state index in [0.717, 1.165) is 42.3 Å². The van der Waals surface area contributed by atoms with Crippen molar-refractivity contribution in [2.45, 2.75) is 38.6 Å². The van der Waals surface area contributed by atoms with Crippen molar-refractivity contribution in [1.82, 2.24) is 10.2 Å². The molecule has 1 aliphatic heterocycles. The number of aryl methyl sites for hydroxylation is 1. The molecular weight excluding hydrogens is 284 g/mol. The summed E-state index contributed by atoms with van der Waals surface area (Å²) in [6.45, 7) is 6.10. The molecule has 2 N–H and O–H groups in total. The Balaban J connectivity index is 1.97. The first kappa shape index (κ1) is 15.1. The fraction of sp³-hybridized carbons (Fsp3) is 0.647. The second kappa shape index (κ2) is 6.55. The summed E-state index contributed by atoms with van der Waals surface area (Å²) >= 11 is 6.27. The zero-order valence-electron chi connectivity index (χ0n) is 12.7. The van der Waals surface area contributed by atoms with Crippen LogP contribution in [-0.2, 0) is 0 Å². The van der Waals surface area contributed by atoms with Gasteiger partial charge in [0.05, 0.1) is 0 Å². The van der Waals surface area contributed by atoms with Gasteiger partial charge in [0.1, 0.15) is 5.75 Å². The van der Waals surface area contributed by atoms with Crippen LogP contribution in [0.2, 0.25) is 5.02 Å². The summed E-state index contributed by atoms with van der Waals surface area (Å²) < 4.78 is 0. The van der Waals surface area contributed by atoms with E-state index in [-0.39, 0.29) is 0 Å². The van der Waals surface area contributed by atoms with Crippen LogP contribution in [-0.4, -0.2) is 36.2 Å². The number of hydrogen-bond acceptors (Lipinski definition) is 3. The number of halogens is 1. The molecule has 0 unspecified atom stereocenters. The molecule has 3 nitrogen and oxygen atoms in total. The van der Waals surface area contributed by atoms with Crippen molar-refractivity contribution < 1.29 is 5.11 Å². The Labute approximate surface area is 132 Å². The zero-order chi connectivity index (χ0) is 14.8. The number of aromatic hydroxyl groups is 1. The first-order chi connectivity index (χ1) is 10.2. The van der Waals surface area contributed by atoms with Crippen molar-refractivity contribution in [2.24, 2.45) is 5.92 Å². The molecule has 116 valence electrons. The second-order valence-corrected chi connectivity index (χ2v) is 6.87. The average Bonchev–Trinajstić information content (AvgIpc) is 2.99. The lowest BCUT2D eigenvalue weighted by molar-refractivity contribution is 0.123. The fourth-order valence-electron chi connectivity index (χ4n) is 3.97. The lowest BCUT2D eigenvalue weighted by Gasteiger charge is -2.39. The Kier molecular flexibility index (Phi) is 4.72. The van der Waals surface area contributed by atoms with E-state index in [1.807, 2.05) is 19.1 Å². The normalized spacial score (nSPS) is 22.6. The highest BCUT2D eigenvalue weighted by molar-refractivity contribution is 6.30. The second-order valence-electron chi connectivity index (χ2n) is 6.44. The van der Waals surface area contributed by atoms with Crippen LogP contribution >= 0.6 is 11.6 Å². The predicted octanol–water partition coefficient (Wildman–Crippen LogP) is 3.49. The van der Waals surface area contributed by atoms with E-state index in [9.17, 15) is 5.11 Å². The number of nitrogens with one attached hydrogen (secondary N) is 1. The molecule has 1 heterocycles. The summed E-state index contributed by atoms with van der Waals surface area (Å²) in [7, 11) is 0. The molecule has 0 bridgehead atoms. The van der Waals surface area contributed by atoms with Gasteiger partial charge in [0.2, 0.25) is 0 Å². The summed E-state index contributed by atoms with van der Waals surface area (Å²) in [4.78, 5) is 2.54. The number of piperazine rings is 1. The first-order valence-corrected chi connectivity index (χ1v) is 8.48. The Bertz CT molecular complexity index is 494. The molecule has 3 rings (SSSR count). The van der Waals surface area contributed by atoms with Gasteiger partial charge in [-0.1, -0.05) is 24.4 Å². The van der Waals surface area contributed by atoms with Crippen LogP contribution in [0, 0.1) is 12.8 Å². The maximum Gasteiger partial charge on any atom is 0.123 e. The van der Waals surface area contributed by atoms with E-state index < -0.39 is 0 Å². The minimum absolute atomic E-state index is 0.312. The van der Waals surface area contributed by atoms with Crippen LogP contribution in [0.4, 0.5) is 0 Å². The van der Waals surface area contributed by atoms with Crippen molar-refractivity contribution >= 4 is 11.6 Å². The van der Waals surface area contributed by atoms with Gasteiger partial charge in [0.15, 0.2) is 0 Å². The van der Waals surface area contributed by atoms with Crippen LogP contribution in [0.1, 0.15) is 42.9 Å². The fourth-order valence-corrected chi connectivity index (χ4v) is 4.25. The van der Waals surface area contributed by atoms with E-state index in [4.69, 9.17) is 11.6 Å². The minimum Gasteiger partial charge on any atom is -0.507 e. The third-order valence-corrected chi connectivity index (χ3v) is 5.22. The molecule has 1 aliphatic carbocycles. The lowest BCUT2D eigenvalue weighted by atomic mass is 9.88. The number of phenols is 1. The number of rotatable bonds is 3. The minimum atomic E-state index is 0.312. The van der Waals surface area contributed by atoms with Gasteiger partial charge in [-0.15, -0.1) is 0 Å². The van der Waals surface area contributed by atoms with E-state index in [2.05, 4.69) is 10.2 Å². The molecule has 4 heteroatoms. The smallest absolute Gasteiger partial charge is 0.123 e. The van der Waals surface area contributed by atoms with Crippen molar-refractivity contribution in [3.05, 3.63) is 28.3 Å².